The first-order valence-electron chi connectivity index (χ1n) is 11.1. The number of hydrogen-bond donors (Lipinski definition) is 0. The molecule has 1 aliphatic rings. The number of carbonyl (C=O) groups excluding carboxylic acids is 1. The van der Waals surface area contributed by atoms with Crippen molar-refractivity contribution in [3.63, 3.8) is 0 Å². The minimum atomic E-state index is -0.0242. The molecule has 0 saturated heterocycles. The normalized spacial score (nSPS) is 14.7. The quantitative estimate of drug-likeness (QED) is 0.482. The van der Waals surface area contributed by atoms with E-state index in [-0.39, 0.29) is 11.5 Å². The van der Waals surface area contributed by atoms with Gasteiger partial charge >= 0.3 is 0 Å². The fraction of sp³-hybridized carbons (Fsp3) is 0.308. The molecule has 6 nitrogen and oxygen atoms in total. The van der Waals surface area contributed by atoms with Gasteiger partial charge in [-0.25, -0.2) is 4.98 Å². The lowest BCUT2D eigenvalue weighted by Gasteiger charge is -2.31. The van der Waals surface area contributed by atoms with Gasteiger partial charge in [0.25, 0.3) is 11.5 Å². The predicted octanol–water partition coefficient (Wildman–Crippen LogP) is 4.55. The average Bonchev–Trinajstić information content (AvgIpc) is 2.85. The molecule has 0 N–H and O–H groups in total. The van der Waals surface area contributed by atoms with Crippen molar-refractivity contribution in [2.75, 3.05) is 7.05 Å². The zero-order valence-corrected chi connectivity index (χ0v) is 18.4. The lowest BCUT2D eigenvalue weighted by atomic mass is 9.94. The van der Waals surface area contributed by atoms with Gasteiger partial charge < -0.3 is 9.47 Å². The number of aryl methyl sites for hydroxylation is 1. The predicted molar refractivity (Wildman–Crippen MR) is 127 cm³/mol. The molecule has 0 radical (unpaired) electrons. The van der Waals surface area contributed by atoms with Crippen molar-refractivity contribution in [1.82, 2.24) is 19.4 Å². The summed E-state index contributed by atoms with van der Waals surface area (Å²) >= 11 is 0. The van der Waals surface area contributed by atoms with E-state index in [0.29, 0.717) is 28.2 Å². The van der Waals surface area contributed by atoms with Crippen LogP contribution < -0.4 is 5.56 Å². The number of rotatable bonds is 3. The fourth-order valence-corrected chi connectivity index (χ4v) is 4.63. The molecule has 4 aromatic rings. The first-order valence-corrected chi connectivity index (χ1v) is 11.1. The number of aromatic nitrogens is 3. The number of nitrogens with zero attached hydrogens (tertiary/aromatic N) is 4. The standard InChI is InChI=1S/C26H26N4O2/c1-29-13-12-17-14-18(8-10-21(17)26(29)32)24-16-27-22-11-9-19(15-23(22)28-24)25(31)30(2)20-6-4-3-5-7-20/h8-16,20H,3-7H2,1-2H3. The minimum Gasteiger partial charge on any atom is -0.339 e. The van der Waals surface area contributed by atoms with E-state index in [1.54, 1.807) is 24.0 Å². The van der Waals surface area contributed by atoms with Crippen LogP contribution in [0.5, 0.6) is 0 Å². The molecule has 2 aromatic carbocycles. The first-order chi connectivity index (χ1) is 15.5. The number of carbonyl (C=O) groups is 1. The van der Waals surface area contributed by atoms with Gasteiger partial charge in [0.1, 0.15) is 0 Å². The van der Waals surface area contributed by atoms with Gasteiger partial charge in [-0.1, -0.05) is 25.3 Å². The number of hydrogen-bond acceptors (Lipinski definition) is 4. The van der Waals surface area contributed by atoms with Crippen LogP contribution in [-0.4, -0.2) is 38.4 Å². The Morgan fingerprint density at radius 2 is 1.84 bits per heavy atom. The summed E-state index contributed by atoms with van der Waals surface area (Å²) in [5.41, 5.74) is 3.65. The molecule has 0 aliphatic heterocycles. The summed E-state index contributed by atoms with van der Waals surface area (Å²) in [6.07, 6.45) is 9.28. The average molecular weight is 427 g/mol. The molecule has 0 bridgehead atoms. The second kappa shape index (κ2) is 8.19. The summed E-state index contributed by atoms with van der Waals surface area (Å²) < 4.78 is 1.57. The smallest absolute Gasteiger partial charge is 0.258 e. The van der Waals surface area contributed by atoms with Crippen LogP contribution >= 0.6 is 0 Å². The third-order valence-electron chi connectivity index (χ3n) is 6.61. The highest BCUT2D eigenvalue weighted by atomic mass is 16.2. The minimum absolute atomic E-state index is 0.0242. The summed E-state index contributed by atoms with van der Waals surface area (Å²) in [6, 6.07) is 13.5. The summed E-state index contributed by atoms with van der Waals surface area (Å²) in [7, 11) is 3.65. The molecule has 1 saturated carbocycles. The highest BCUT2D eigenvalue weighted by molar-refractivity contribution is 5.97. The summed E-state index contributed by atoms with van der Waals surface area (Å²) in [6.45, 7) is 0. The van der Waals surface area contributed by atoms with Gasteiger partial charge in [0.05, 0.1) is 22.9 Å². The molecule has 2 heterocycles. The molecule has 2 aromatic heterocycles. The Labute approximate surface area is 186 Å². The lowest BCUT2D eigenvalue weighted by Crippen LogP contribution is -2.38. The van der Waals surface area contributed by atoms with Crippen LogP contribution in [0.3, 0.4) is 0 Å². The first kappa shape index (κ1) is 20.4. The van der Waals surface area contributed by atoms with Crippen molar-refractivity contribution in [3.05, 3.63) is 70.8 Å². The van der Waals surface area contributed by atoms with Crippen molar-refractivity contribution in [3.8, 4) is 11.3 Å². The van der Waals surface area contributed by atoms with Gasteiger partial charge in [-0.05, 0) is 54.6 Å². The molecular weight excluding hydrogens is 400 g/mol. The van der Waals surface area contributed by atoms with E-state index >= 15 is 0 Å². The fourth-order valence-electron chi connectivity index (χ4n) is 4.63. The van der Waals surface area contributed by atoms with Gasteiger partial charge in [0.2, 0.25) is 0 Å². The molecule has 162 valence electrons. The summed E-state index contributed by atoms with van der Waals surface area (Å²) in [5.74, 6) is 0.0348. The third-order valence-corrected chi connectivity index (χ3v) is 6.61. The molecule has 1 amide bonds. The zero-order chi connectivity index (χ0) is 22.2. The summed E-state index contributed by atoms with van der Waals surface area (Å²) in [4.78, 5) is 36.6. The Hall–Kier alpha value is -3.54. The van der Waals surface area contributed by atoms with Gasteiger partial charge in [0.15, 0.2) is 0 Å². The van der Waals surface area contributed by atoms with E-state index in [1.807, 2.05) is 54.4 Å². The highest BCUT2D eigenvalue weighted by Crippen LogP contribution is 2.25. The van der Waals surface area contributed by atoms with Gasteiger partial charge in [-0.3, -0.25) is 14.6 Å². The van der Waals surface area contributed by atoms with Crippen molar-refractivity contribution in [1.29, 1.82) is 0 Å². The Kier molecular flexibility index (Phi) is 5.21. The van der Waals surface area contributed by atoms with Gasteiger partial charge in [-0.15, -0.1) is 0 Å². The lowest BCUT2D eigenvalue weighted by molar-refractivity contribution is 0.0696. The second-order valence-electron chi connectivity index (χ2n) is 8.70. The topological polar surface area (TPSA) is 68.1 Å². The van der Waals surface area contributed by atoms with Crippen molar-refractivity contribution in [2.45, 2.75) is 38.1 Å². The Balaban J connectivity index is 1.49. The van der Waals surface area contributed by atoms with Gasteiger partial charge in [0, 0.05) is 42.8 Å². The Morgan fingerprint density at radius 1 is 1.03 bits per heavy atom. The Bertz CT molecular complexity index is 1390. The maximum absolute atomic E-state index is 13.1. The molecule has 1 fully saturated rings. The largest absolute Gasteiger partial charge is 0.339 e. The van der Waals surface area contributed by atoms with E-state index in [0.717, 1.165) is 29.3 Å². The molecule has 32 heavy (non-hydrogen) atoms. The Morgan fingerprint density at radius 3 is 2.66 bits per heavy atom. The summed E-state index contributed by atoms with van der Waals surface area (Å²) in [5, 5.41) is 1.54. The van der Waals surface area contributed by atoms with E-state index < -0.39 is 0 Å². The van der Waals surface area contributed by atoms with E-state index in [4.69, 9.17) is 4.98 Å². The van der Waals surface area contributed by atoms with Crippen LogP contribution in [-0.2, 0) is 7.05 Å². The third kappa shape index (κ3) is 3.66. The van der Waals surface area contributed by atoms with Crippen molar-refractivity contribution in [2.24, 2.45) is 7.05 Å². The molecule has 0 unspecified atom stereocenters. The molecule has 0 atom stereocenters. The van der Waals surface area contributed by atoms with E-state index in [9.17, 15) is 9.59 Å². The van der Waals surface area contributed by atoms with Crippen LogP contribution in [0.2, 0.25) is 0 Å². The molecule has 0 spiro atoms. The number of fused-ring (bicyclic) bond motifs is 2. The monoisotopic (exact) mass is 426 g/mol. The van der Waals surface area contributed by atoms with Crippen molar-refractivity contribution >= 4 is 27.7 Å². The number of pyridine rings is 1. The SMILES string of the molecule is CN(C(=O)c1ccc2ncc(-c3ccc4c(=O)n(C)ccc4c3)nc2c1)C1CCCCC1. The maximum Gasteiger partial charge on any atom is 0.258 e. The van der Waals surface area contributed by atoms with Crippen LogP contribution in [0, 0.1) is 0 Å². The van der Waals surface area contributed by atoms with Crippen LogP contribution in [0.4, 0.5) is 0 Å². The van der Waals surface area contributed by atoms with Gasteiger partial charge in [-0.2, -0.15) is 0 Å². The van der Waals surface area contributed by atoms with E-state index in [1.165, 1.54) is 19.3 Å². The molecule has 6 heteroatoms. The molecule has 1 aliphatic carbocycles. The second-order valence-corrected chi connectivity index (χ2v) is 8.70. The van der Waals surface area contributed by atoms with Crippen LogP contribution in [0.15, 0.2) is 59.7 Å². The highest BCUT2D eigenvalue weighted by Gasteiger charge is 2.23. The number of amides is 1. The van der Waals surface area contributed by atoms with E-state index in [2.05, 4.69) is 4.98 Å². The number of benzene rings is 2. The maximum atomic E-state index is 13.1. The zero-order valence-electron chi connectivity index (χ0n) is 18.4. The molecular formula is C26H26N4O2. The van der Waals surface area contributed by atoms with Crippen LogP contribution in [0.1, 0.15) is 42.5 Å². The van der Waals surface area contributed by atoms with Crippen molar-refractivity contribution < 1.29 is 4.79 Å². The van der Waals surface area contributed by atoms with Crippen LogP contribution in [0.25, 0.3) is 33.1 Å². The molecule has 5 rings (SSSR count).